The highest BCUT2D eigenvalue weighted by atomic mass is 19.1. The quantitative estimate of drug-likeness (QED) is 0.703. The van der Waals surface area contributed by atoms with Crippen molar-refractivity contribution in [1.82, 2.24) is 14.9 Å². The lowest BCUT2D eigenvalue weighted by molar-refractivity contribution is 0.313. The molecule has 1 saturated heterocycles. The van der Waals surface area contributed by atoms with E-state index in [1.807, 2.05) is 6.07 Å². The molecule has 3 aromatic rings. The number of nitrogens with one attached hydrogen (secondary N) is 2. The van der Waals surface area contributed by atoms with Gasteiger partial charge in [0.15, 0.2) is 0 Å². The fourth-order valence-corrected chi connectivity index (χ4v) is 3.14. The van der Waals surface area contributed by atoms with Gasteiger partial charge in [-0.15, -0.1) is 0 Å². The maximum absolute atomic E-state index is 13.0. The highest BCUT2D eigenvalue weighted by molar-refractivity contribution is 5.64. The second kappa shape index (κ2) is 8.22. The maximum atomic E-state index is 13.0. The summed E-state index contributed by atoms with van der Waals surface area (Å²) in [4.78, 5) is 13.2. The molecule has 0 atom stereocenters. The SMILES string of the molecule is CN1CCN(c2ccc(Nc3cc(Nc4ccc(F)cc4)ncn3)cc2)CC1. The van der Waals surface area contributed by atoms with Crippen molar-refractivity contribution in [3.63, 3.8) is 0 Å². The largest absolute Gasteiger partial charge is 0.369 e. The van der Waals surface area contributed by atoms with Crippen LogP contribution in [0.5, 0.6) is 0 Å². The van der Waals surface area contributed by atoms with Crippen LogP contribution in [-0.2, 0) is 0 Å². The van der Waals surface area contributed by atoms with Crippen LogP contribution in [0.25, 0.3) is 0 Å². The van der Waals surface area contributed by atoms with E-state index in [2.05, 4.69) is 61.7 Å². The maximum Gasteiger partial charge on any atom is 0.135 e. The van der Waals surface area contributed by atoms with Crippen LogP contribution in [0.1, 0.15) is 0 Å². The summed E-state index contributed by atoms with van der Waals surface area (Å²) in [5.74, 6) is 1.06. The summed E-state index contributed by atoms with van der Waals surface area (Å²) in [6, 6.07) is 16.3. The summed E-state index contributed by atoms with van der Waals surface area (Å²) in [6.07, 6.45) is 1.49. The molecule has 0 amide bonds. The molecule has 0 spiro atoms. The number of rotatable bonds is 5. The van der Waals surface area contributed by atoms with E-state index in [1.54, 1.807) is 12.1 Å². The third kappa shape index (κ3) is 4.55. The number of hydrogen-bond donors (Lipinski definition) is 2. The van der Waals surface area contributed by atoms with Crippen molar-refractivity contribution in [3.05, 3.63) is 66.7 Å². The van der Waals surface area contributed by atoms with Crippen molar-refractivity contribution in [3.8, 4) is 0 Å². The normalized spacial score (nSPS) is 14.7. The van der Waals surface area contributed by atoms with Crippen molar-refractivity contribution in [1.29, 1.82) is 0 Å². The van der Waals surface area contributed by atoms with Gasteiger partial charge in [0, 0.05) is 49.3 Å². The van der Waals surface area contributed by atoms with Gasteiger partial charge in [-0.25, -0.2) is 14.4 Å². The predicted octanol–water partition coefficient (Wildman–Crippen LogP) is 3.85. The molecule has 1 aliphatic rings. The molecule has 1 fully saturated rings. The number of anilines is 5. The van der Waals surface area contributed by atoms with E-state index in [4.69, 9.17) is 0 Å². The molecule has 144 valence electrons. The van der Waals surface area contributed by atoms with Gasteiger partial charge in [0.05, 0.1) is 0 Å². The number of benzene rings is 2. The molecule has 7 heteroatoms. The van der Waals surface area contributed by atoms with Crippen molar-refractivity contribution >= 4 is 28.7 Å². The molecule has 0 radical (unpaired) electrons. The highest BCUT2D eigenvalue weighted by Crippen LogP contribution is 2.23. The standard InChI is InChI=1S/C21H23FN6/c1-27-10-12-28(13-11-27)19-8-6-18(7-9-19)26-21-14-20(23-15-24-21)25-17-4-2-16(22)3-5-17/h2-9,14-15H,10-13H2,1H3,(H2,23,24,25,26). The number of halogens is 1. The third-order valence-corrected chi connectivity index (χ3v) is 4.79. The van der Waals surface area contributed by atoms with Crippen molar-refractivity contribution < 1.29 is 4.39 Å². The van der Waals surface area contributed by atoms with E-state index in [9.17, 15) is 4.39 Å². The van der Waals surface area contributed by atoms with Gasteiger partial charge in [-0.1, -0.05) is 0 Å². The van der Waals surface area contributed by atoms with Gasteiger partial charge in [-0.2, -0.15) is 0 Å². The summed E-state index contributed by atoms with van der Waals surface area (Å²) in [5, 5.41) is 6.44. The monoisotopic (exact) mass is 378 g/mol. The van der Waals surface area contributed by atoms with Gasteiger partial charge in [0.1, 0.15) is 23.8 Å². The number of nitrogens with zero attached hydrogens (tertiary/aromatic N) is 4. The molecule has 2 aromatic carbocycles. The van der Waals surface area contributed by atoms with Crippen molar-refractivity contribution in [2.45, 2.75) is 0 Å². The van der Waals surface area contributed by atoms with Gasteiger partial charge in [-0.3, -0.25) is 0 Å². The van der Waals surface area contributed by atoms with Crippen LogP contribution in [0.15, 0.2) is 60.9 Å². The van der Waals surface area contributed by atoms with Gasteiger partial charge in [0.2, 0.25) is 0 Å². The molecule has 1 aliphatic heterocycles. The zero-order valence-electron chi connectivity index (χ0n) is 15.8. The summed E-state index contributed by atoms with van der Waals surface area (Å²) >= 11 is 0. The lowest BCUT2D eigenvalue weighted by Gasteiger charge is -2.34. The summed E-state index contributed by atoms with van der Waals surface area (Å²) in [7, 11) is 2.16. The Morgan fingerprint density at radius 3 is 1.89 bits per heavy atom. The van der Waals surface area contributed by atoms with E-state index in [0.29, 0.717) is 11.6 Å². The third-order valence-electron chi connectivity index (χ3n) is 4.79. The molecule has 2 heterocycles. The summed E-state index contributed by atoms with van der Waals surface area (Å²) < 4.78 is 13.0. The molecule has 0 aliphatic carbocycles. The first-order chi connectivity index (χ1) is 13.7. The number of piperazine rings is 1. The second-order valence-electron chi connectivity index (χ2n) is 6.88. The number of likely N-dealkylation sites (N-methyl/N-ethyl adjacent to an activating group) is 1. The predicted molar refractivity (Wildman–Crippen MR) is 111 cm³/mol. The Bertz CT molecular complexity index is 905. The first kappa shape index (κ1) is 18.2. The van der Waals surface area contributed by atoms with E-state index < -0.39 is 0 Å². The summed E-state index contributed by atoms with van der Waals surface area (Å²) in [5.41, 5.74) is 2.96. The molecule has 4 rings (SSSR count). The zero-order chi connectivity index (χ0) is 19.3. The smallest absolute Gasteiger partial charge is 0.135 e. The molecule has 6 nitrogen and oxygen atoms in total. The molecule has 2 N–H and O–H groups in total. The van der Waals surface area contributed by atoms with Gasteiger partial charge < -0.3 is 20.4 Å². The van der Waals surface area contributed by atoms with Gasteiger partial charge >= 0.3 is 0 Å². The topological polar surface area (TPSA) is 56.3 Å². The van der Waals surface area contributed by atoms with Gasteiger partial charge in [0.25, 0.3) is 0 Å². The Morgan fingerprint density at radius 2 is 1.32 bits per heavy atom. The average Bonchev–Trinajstić information content (AvgIpc) is 2.71. The lowest BCUT2D eigenvalue weighted by Crippen LogP contribution is -2.44. The minimum atomic E-state index is -0.268. The van der Waals surface area contributed by atoms with Crippen LogP contribution in [0.2, 0.25) is 0 Å². The molecule has 1 aromatic heterocycles. The van der Waals surface area contributed by atoms with Crippen LogP contribution in [0.3, 0.4) is 0 Å². The second-order valence-corrected chi connectivity index (χ2v) is 6.88. The minimum Gasteiger partial charge on any atom is -0.369 e. The van der Waals surface area contributed by atoms with Gasteiger partial charge in [-0.05, 0) is 55.6 Å². The Morgan fingerprint density at radius 1 is 0.786 bits per heavy atom. The number of hydrogen-bond acceptors (Lipinski definition) is 6. The highest BCUT2D eigenvalue weighted by Gasteiger charge is 2.14. The van der Waals surface area contributed by atoms with E-state index in [1.165, 1.54) is 24.1 Å². The van der Waals surface area contributed by atoms with Crippen LogP contribution >= 0.6 is 0 Å². The van der Waals surface area contributed by atoms with E-state index >= 15 is 0 Å². The van der Waals surface area contributed by atoms with Crippen molar-refractivity contribution in [2.24, 2.45) is 0 Å². The Kier molecular flexibility index (Phi) is 5.34. The lowest BCUT2D eigenvalue weighted by atomic mass is 10.2. The molecule has 28 heavy (non-hydrogen) atoms. The molecular formula is C21H23FN6. The Balaban J connectivity index is 1.40. The molecular weight excluding hydrogens is 355 g/mol. The first-order valence-electron chi connectivity index (χ1n) is 9.31. The van der Waals surface area contributed by atoms with E-state index in [-0.39, 0.29) is 5.82 Å². The average molecular weight is 378 g/mol. The van der Waals surface area contributed by atoms with Crippen molar-refractivity contribution in [2.75, 3.05) is 48.8 Å². The van der Waals surface area contributed by atoms with Crippen LogP contribution in [0, 0.1) is 5.82 Å². The Hall–Kier alpha value is -3.19. The number of aromatic nitrogens is 2. The molecule has 0 bridgehead atoms. The Labute approximate surface area is 164 Å². The van der Waals surface area contributed by atoms with E-state index in [0.717, 1.165) is 37.6 Å². The first-order valence-corrected chi connectivity index (χ1v) is 9.31. The fourth-order valence-electron chi connectivity index (χ4n) is 3.14. The van der Waals surface area contributed by atoms with Crippen LogP contribution in [-0.4, -0.2) is 48.1 Å². The molecule has 0 unspecified atom stereocenters. The zero-order valence-corrected chi connectivity index (χ0v) is 15.8. The fraction of sp³-hybridized carbons (Fsp3) is 0.238. The van der Waals surface area contributed by atoms with Crippen LogP contribution in [0.4, 0.5) is 33.1 Å². The minimum absolute atomic E-state index is 0.268. The van der Waals surface area contributed by atoms with Crippen LogP contribution < -0.4 is 15.5 Å². The molecule has 0 saturated carbocycles. The summed E-state index contributed by atoms with van der Waals surface area (Å²) in [6.45, 7) is 4.27.